The number of thiazole rings is 1. The van der Waals surface area contributed by atoms with Crippen molar-refractivity contribution >= 4 is 44.4 Å². The van der Waals surface area contributed by atoms with E-state index in [9.17, 15) is 4.79 Å². The highest BCUT2D eigenvalue weighted by atomic mass is 32.2. The summed E-state index contributed by atoms with van der Waals surface area (Å²) in [5.41, 5.74) is 0.877. The Balaban J connectivity index is 2.03. The van der Waals surface area contributed by atoms with Gasteiger partial charge in [0.2, 0.25) is 5.91 Å². The van der Waals surface area contributed by atoms with Crippen LogP contribution in [-0.2, 0) is 4.79 Å². The van der Waals surface area contributed by atoms with Crippen LogP contribution in [0.5, 0.6) is 5.75 Å². The zero-order valence-corrected chi connectivity index (χ0v) is 14.4. The number of nitrogens with zero attached hydrogens (tertiary/aromatic N) is 1. The summed E-state index contributed by atoms with van der Waals surface area (Å²) < 4.78 is 6.56. The van der Waals surface area contributed by atoms with Crippen LogP contribution in [0.15, 0.2) is 18.2 Å². The molecule has 0 spiro atoms. The molecule has 0 atom stereocenters. The van der Waals surface area contributed by atoms with Gasteiger partial charge in [-0.25, -0.2) is 4.98 Å². The van der Waals surface area contributed by atoms with Crippen LogP contribution >= 0.6 is 23.1 Å². The highest BCUT2D eigenvalue weighted by Crippen LogP contribution is 2.29. The zero-order chi connectivity index (χ0) is 15.5. The third-order valence-corrected chi connectivity index (χ3v) is 4.76. The van der Waals surface area contributed by atoms with E-state index in [1.807, 2.05) is 25.1 Å². The lowest BCUT2D eigenvalue weighted by Crippen LogP contribution is -2.18. The number of carbonyl (C=O) groups excluding carboxylic acids is 1. The van der Waals surface area contributed by atoms with E-state index < -0.39 is 0 Å². The Labute approximate surface area is 133 Å². The Kier molecular flexibility index (Phi) is 5.11. The largest absolute Gasteiger partial charge is 0.494 e. The lowest BCUT2D eigenvalue weighted by Gasteiger charge is -2.16. The van der Waals surface area contributed by atoms with E-state index in [2.05, 4.69) is 31.1 Å². The van der Waals surface area contributed by atoms with E-state index in [-0.39, 0.29) is 10.7 Å². The molecule has 1 aromatic heterocycles. The number of fused-ring (bicyclic) bond motifs is 1. The smallest absolute Gasteiger partial charge is 0.236 e. The fourth-order valence-electron chi connectivity index (χ4n) is 1.65. The number of hydrogen-bond acceptors (Lipinski definition) is 5. The predicted octanol–water partition coefficient (Wildman–Crippen LogP) is 4.17. The van der Waals surface area contributed by atoms with E-state index >= 15 is 0 Å². The van der Waals surface area contributed by atoms with Gasteiger partial charge in [0.25, 0.3) is 0 Å². The molecule has 21 heavy (non-hydrogen) atoms. The molecule has 1 N–H and O–H groups in total. The summed E-state index contributed by atoms with van der Waals surface area (Å²) in [6.07, 6.45) is 0. The normalized spacial score (nSPS) is 11.6. The van der Waals surface area contributed by atoms with Crippen molar-refractivity contribution in [1.82, 2.24) is 4.98 Å². The molecule has 0 bridgehead atoms. The molecular weight excluding hydrogens is 304 g/mol. The first-order chi connectivity index (χ1) is 9.87. The highest BCUT2D eigenvalue weighted by Gasteiger charge is 2.14. The van der Waals surface area contributed by atoms with E-state index in [0.717, 1.165) is 16.0 Å². The summed E-state index contributed by atoms with van der Waals surface area (Å²) in [6.45, 7) is 8.88. The van der Waals surface area contributed by atoms with E-state index in [4.69, 9.17) is 4.74 Å². The van der Waals surface area contributed by atoms with Crippen molar-refractivity contribution < 1.29 is 9.53 Å². The van der Waals surface area contributed by atoms with Gasteiger partial charge >= 0.3 is 0 Å². The molecule has 0 unspecified atom stereocenters. The van der Waals surface area contributed by atoms with Crippen LogP contribution in [0.25, 0.3) is 10.2 Å². The van der Waals surface area contributed by atoms with Crippen molar-refractivity contribution in [3.63, 3.8) is 0 Å². The molecule has 1 heterocycles. The van der Waals surface area contributed by atoms with E-state index in [1.54, 1.807) is 11.8 Å². The number of thioether (sulfide) groups is 1. The van der Waals surface area contributed by atoms with Crippen LogP contribution in [0, 0.1) is 0 Å². The summed E-state index contributed by atoms with van der Waals surface area (Å²) in [5, 5.41) is 3.50. The maximum atomic E-state index is 11.9. The summed E-state index contributed by atoms with van der Waals surface area (Å²) in [7, 11) is 0. The molecule has 4 nitrogen and oxygen atoms in total. The van der Waals surface area contributed by atoms with Gasteiger partial charge in [-0.05, 0) is 25.1 Å². The van der Waals surface area contributed by atoms with Crippen LogP contribution in [0.3, 0.4) is 0 Å². The fraction of sp³-hybridized carbons (Fsp3) is 0.467. The molecule has 1 aromatic carbocycles. The maximum Gasteiger partial charge on any atom is 0.236 e. The van der Waals surface area contributed by atoms with E-state index in [1.165, 1.54) is 11.3 Å². The van der Waals surface area contributed by atoms with Crippen LogP contribution in [0.2, 0.25) is 0 Å². The molecule has 2 rings (SSSR count). The Morgan fingerprint density at radius 1 is 1.43 bits per heavy atom. The first-order valence-corrected chi connectivity index (χ1v) is 8.65. The lowest BCUT2D eigenvalue weighted by atomic mass is 10.3. The van der Waals surface area contributed by atoms with Gasteiger partial charge in [0, 0.05) is 4.75 Å². The number of rotatable bonds is 5. The number of ether oxygens (including phenoxy) is 1. The van der Waals surface area contributed by atoms with Crippen LogP contribution < -0.4 is 10.1 Å². The molecule has 0 radical (unpaired) electrons. The van der Waals surface area contributed by atoms with Crippen molar-refractivity contribution in [3.05, 3.63) is 18.2 Å². The number of aromatic nitrogens is 1. The van der Waals surface area contributed by atoms with Crippen molar-refractivity contribution in [3.8, 4) is 5.75 Å². The van der Waals surface area contributed by atoms with Gasteiger partial charge in [0.05, 0.1) is 22.6 Å². The van der Waals surface area contributed by atoms with Gasteiger partial charge in [0.15, 0.2) is 5.13 Å². The van der Waals surface area contributed by atoms with E-state index in [0.29, 0.717) is 17.5 Å². The Hall–Kier alpha value is -1.27. The second kappa shape index (κ2) is 6.66. The Morgan fingerprint density at radius 2 is 2.19 bits per heavy atom. The summed E-state index contributed by atoms with van der Waals surface area (Å²) in [6, 6.07) is 5.76. The first kappa shape index (κ1) is 16.1. The monoisotopic (exact) mass is 324 g/mol. The number of hydrogen-bond donors (Lipinski definition) is 1. The summed E-state index contributed by atoms with van der Waals surface area (Å²) in [4.78, 5) is 16.3. The molecule has 1 amide bonds. The van der Waals surface area contributed by atoms with Crippen molar-refractivity contribution in [2.24, 2.45) is 0 Å². The Morgan fingerprint density at radius 3 is 2.86 bits per heavy atom. The predicted molar refractivity (Wildman–Crippen MR) is 91.6 cm³/mol. The molecule has 0 saturated carbocycles. The standard InChI is InChI=1S/C15H20N2O2S2/c1-5-19-10-6-7-11-12(8-10)21-14(16-11)17-13(18)9-20-15(2,3)4/h6-8H,5,9H2,1-4H3,(H,16,17,18). The number of amides is 1. The minimum Gasteiger partial charge on any atom is -0.494 e. The van der Waals surface area contributed by atoms with Gasteiger partial charge < -0.3 is 10.1 Å². The number of anilines is 1. The molecule has 0 aliphatic heterocycles. The van der Waals surface area contributed by atoms with Crippen LogP contribution in [0.4, 0.5) is 5.13 Å². The van der Waals surface area contributed by atoms with Crippen LogP contribution in [-0.4, -0.2) is 28.0 Å². The third kappa shape index (κ3) is 4.89. The molecule has 0 saturated heterocycles. The highest BCUT2D eigenvalue weighted by molar-refractivity contribution is 8.01. The fourth-order valence-corrected chi connectivity index (χ4v) is 3.20. The average Bonchev–Trinajstić information content (AvgIpc) is 2.77. The SMILES string of the molecule is CCOc1ccc2nc(NC(=O)CSC(C)(C)C)sc2c1. The van der Waals surface area contributed by atoms with Gasteiger partial charge in [-0.2, -0.15) is 0 Å². The molecule has 0 aliphatic carbocycles. The molecule has 114 valence electrons. The average molecular weight is 324 g/mol. The summed E-state index contributed by atoms with van der Waals surface area (Å²) in [5.74, 6) is 1.25. The molecular formula is C15H20N2O2S2. The zero-order valence-electron chi connectivity index (χ0n) is 12.7. The van der Waals surface area contributed by atoms with Crippen molar-refractivity contribution in [2.75, 3.05) is 17.7 Å². The molecule has 0 fully saturated rings. The second-order valence-electron chi connectivity index (χ2n) is 5.53. The van der Waals surface area contributed by atoms with Gasteiger partial charge in [-0.1, -0.05) is 32.1 Å². The maximum absolute atomic E-state index is 11.9. The number of nitrogens with one attached hydrogen (secondary N) is 1. The first-order valence-electron chi connectivity index (χ1n) is 6.84. The van der Waals surface area contributed by atoms with Gasteiger partial charge in [-0.15, -0.1) is 11.8 Å². The lowest BCUT2D eigenvalue weighted by molar-refractivity contribution is -0.113. The van der Waals surface area contributed by atoms with Crippen molar-refractivity contribution in [1.29, 1.82) is 0 Å². The minimum atomic E-state index is -0.0148. The molecule has 2 aromatic rings. The summed E-state index contributed by atoms with van der Waals surface area (Å²) >= 11 is 3.09. The van der Waals surface area contributed by atoms with Gasteiger partial charge in [0.1, 0.15) is 5.75 Å². The molecule has 0 aliphatic rings. The number of benzene rings is 1. The second-order valence-corrected chi connectivity index (χ2v) is 8.36. The Bertz CT molecular complexity index is 632. The topological polar surface area (TPSA) is 51.2 Å². The number of carbonyl (C=O) groups is 1. The van der Waals surface area contributed by atoms with Crippen molar-refractivity contribution in [2.45, 2.75) is 32.4 Å². The minimum absolute atomic E-state index is 0.0148. The third-order valence-electron chi connectivity index (χ3n) is 2.55. The quantitative estimate of drug-likeness (QED) is 0.897. The molecule has 6 heteroatoms. The van der Waals surface area contributed by atoms with Crippen LogP contribution in [0.1, 0.15) is 27.7 Å². The van der Waals surface area contributed by atoms with Gasteiger partial charge in [-0.3, -0.25) is 4.79 Å².